The number of aryl methyl sites for hydroxylation is 1. The number of pyridine rings is 1. The molecule has 1 N–H and O–H groups in total. The van der Waals surface area contributed by atoms with E-state index in [1.807, 2.05) is 0 Å². The number of hydrogen-bond acceptors (Lipinski definition) is 4. The maximum Gasteiger partial charge on any atom is 0.257 e. The molecule has 0 fully saturated rings. The van der Waals surface area contributed by atoms with Crippen LogP contribution in [-0.2, 0) is 6.54 Å². The highest BCUT2D eigenvalue weighted by molar-refractivity contribution is 6.00. The van der Waals surface area contributed by atoms with Crippen LogP contribution < -0.4 is 5.32 Å². The minimum absolute atomic E-state index is 0.0232. The number of aromatic nitrogens is 2. The molecule has 24 heavy (non-hydrogen) atoms. The van der Waals surface area contributed by atoms with Crippen LogP contribution in [0.4, 0.5) is 8.78 Å². The number of benzene rings is 1. The van der Waals surface area contributed by atoms with Crippen molar-refractivity contribution in [3.8, 4) is 11.3 Å². The summed E-state index contributed by atoms with van der Waals surface area (Å²) in [5, 5.41) is 6.43. The number of halogens is 2. The van der Waals surface area contributed by atoms with Crippen molar-refractivity contribution in [1.82, 2.24) is 15.5 Å². The lowest BCUT2D eigenvalue weighted by Gasteiger charge is -2.06. The number of carbonyl (C=O) groups is 1. The van der Waals surface area contributed by atoms with Gasteiger partial charge in [0.15, 0.2) is 5.76 Å². The monoisotopic (exact) mass is 329 g/mol. The Kier molecular flexibility index (Phi) is 4.33. The highest BCUT2D eigenvalue weighted by Crippen LogP contribution is 2.25. The van der Waals surface area contributed by atoms with Crippen LogP contribution in [0.5, 0.6) is 0 Å². The Labute approximate surface area is 136 Å². The second-order valence-corrected chi connectivity index (χ2v) is 5.17. The molecule has 0 saturated heterocycles. The van der Waals surface area contributed by atoms with E-state index in [-0.39, 0.29) is 12.1 Å². The Bertz CT molecular complexity index is 859. The van der Waals surface area contributed by atoms with Gasteiger partial charge in [-0.05, 0) is 36.8 Å². The summed E-state index contributed by atoms with van der Waals surface area (Å²) >= 11 is 0. The molecule has 0 radical (unpaired) electrons. The van der Waals surface area contributed by atoms with Crippen LogP contribution in [-0.4, -0.2) is 16.0 Å². The van der Waals surface area contributed by atoms with Gasteiger partial charge in [-0.2, -0.15) is 0 Å². The first-order chi connectivity index (χ1) is 11.5. The number of nitrogens with zero attached hydrogens (tertiary/aromatic N) is 2. The number of amides is 1. The highest BCUT2D eigenvalue weighted by atomic mass is 19.1. The first kappa shape index (κ1) is 15.8. The molecule has 0 aliphatic carbocycles. The van der Waals surface area contributed by atoms with Crippen LogP contribution in [0.2, 0.25) is 0 Å². The molecule has 1 amide bonds. The fourth-order valence-electron chi connectivity index (χ4n) is 2.31. The van der Waals surface area contributed by atoms with Crippen molar-refractivity contribution in [2.45, 2.75) is 13.5 Å². The zero-order valence-electron chi connectivity index (χ0n) is 12.7. The van der Waals surface area contributed by atoms with Gasteiger partial charge < -0.3 is 9.84 Å². The smallest absolute Gasteiger partial charge is 0.257 e. The summed E-state index contributed by atoms with van der Waals surface area (Å²) in [5.74, 6) is -1.55. The van der Waals surface area contributed by atoms with Crippen LogP contribution in [0.25, 0.3) is 11.3 Å². The predicted octanol–water partition coefficient (Wildman–Crippen LogP) is 3.25. The van der Waals surface area contributed by atoms with Crippen LogP contribution >= 0.6 is 0 Å². The van der Waals surface area contributed by atoms with E-state index in [1.165, 1.54) is 0 Å². The highest BCUT2D eigenvalue weighted by Gasteiger charge is 2.21. The summed E-state index contributed by atoms with van der Waals surface area (Å²) in [4.78, 5) is 16.4. The van der Waals surface area contributed by atoms with E-state index >= 15 is 0 Å². The summed E-state index contributed by atoms with van der Waals surface area (Å²) in [6.45, 7) is 1.62. The Morgan fingerprint density at radius 2 is 2.00 bits per heavy atom. The third-order valence-electron chi connectivity index (χ3n) is 3.39. The van der Waals surface area contributed by atoms with E-state index in [0.29, 0.717) is 22.6 Å². The van der Waals surface area contributed by atoms with E-state index in [2.05, 4.69) is 15.5 Å². The average molecular weight is 329 g/mol. The van der Waals surface area contributed by atoms with Crippen molar-refractivity contribution in [2.75, 3.05) is 0 Å². The number of nitrogens with one attached hydrogen (secondary N) is 1. The average Bonchev–Trinajstić information content (AvgIpc) is 2.94. The van der Waals surface area contributed by atoms with Gasteiger partial charge in [0.05, 0.1) is 5.69 Å². The van der Waals surface area contributed by atoms with Crippen LogP contribution in [0.3, 0.4) is 0 Å². The van der Waals surface area contributed by atoms with Crippen molar-refractivity contribution < 1.29 is 18.1 Å². The molecule has 2 aromatic heterocycles. The zero-order chi connectivity index (χ0) is 17.1. The number of carbonyl (C=O) groups excluding carboxylic acids is 1. The molecule has 0 atom stereocenters. The third-order valence-corrected chi connectivity index (χ3v) is 3.39. The molecule has 0 saturated carbocycles. The fraction of sp³-hybridized carbons (Fsp3) is 0.118. The van der Waals surface area contributed by atoms with Gasteiger partial charge >= 0.3 is 0 Å². The largest absolute Gasteiger partial charge is 0.355 e. The molecule has 5 nitrogen and oxygen atoms in total. The van der Waals surface area contributed by atoms with Crippen LogP contribution in [0, 0.1) is 18.6 Å². The Hall–Kier alpha value is -3.09. The van der Waals surface area contributed by atoms with Gasteiger partial charge in [0.25, 0.3) is 5.91 Å². The van der Waals surface area contributed by atoms with E-state index in [4.69, 9.17) is 4.52 Å². The lowest BCUT2D eigenvalue weighted by Crippen LogP contribution is -2.23. The number of rotatable bonds is 4. The SMILES string of the molecule is Cc1noc(-c2cccnc2)c1C(=O)NCc1cc(F)cc(F)c1. The summed E-state index contributed by atoms with van der Waals surface area (Å²) < 4.78 is 31.6. The zero-order valence-corrected chi connectivity index (χ0v) is 12.7. The van der Waals surface area contributed by atoms with Crippen molar-refractivity contribution >= 4 is 5.91 Å². The summed E-state index contributed by atoms with van der Waals surface area (Å²) in [5.41, 5.74) is 1.61. The topological polar surface area (TPSA) is 68.0 Å². The second-order valence-electron chi connectivity index (χ2n) is 5.17. The quantitative estimate of drug-likeness (QED) is 0.798. The Morgan fingerprint density at radius 3 is 2.67 bits per heavy atom. The van der Waals surface area contributed by atoms with Crippen molar-refractivity contribution in [2.24, 2.45) is 0 Å². The molecule has 0 bridgehead atoms. The molecule has 3 aromatic rings. The van der Waals surface area contributed by atoms with Crippen LogP contribution in [0.15, 0.2) is 47.2 Å². The molecule has 122 valence electrons. The Balaban J connectivity index is 1.82. The van der Waals surface area contributed by atoms with Gasteiger partial charge in [0, 0.05) is 30.6 Å². The fourth-order valence-corrected chi connectivity index (χ4v) is 2.31. The lowest BCUT2D eigenvalue weighted by molar-refractivity contribution is 0.0950. The van der Waals surface area contributed by atoms with E-state index in [1.54, 1.807) is 31.5 Å². The molecule has 0 unspecified atom stereocenters. The molecular weight excluding hydrogens is 316 g/mol. The molecule has 1 aromatic carbocycles. The lowest BCUT2D eigenvalue weighted by atomic mass is 10.1. The van der Waals surface area contributed by atoms with Gasteiger partial charge in [-0.15, -0.1) is 0 Å². The summed E-state index contributed by atoms with van der Waals surface area (Å²) in [6, 6.07) is 6.55. The van der Waals surface area contributed by atoms with Crippen LogP contribution in [0.1, 0.15) is 21.6 Å². The maximum atomic E-state index is 13.2. The van der Waals surface area contributed by atoms with E-state index in [9.17, 15) is 13.6 Å². The number of hydrogen-bond donors (Lipinski definition) is 1. The van der Waals surface area contributed by atoms with Crippen molar-refractivity contribution in [3.63, 3.8) is 0 Å². The minimum atomic E-state index is -0.698. The van der Waals surface area contributed by atoms with Crippen molar-refractivity contribution in [1.29, 1.82) is 0 Å². The van der Waals surface area contributed by atoms with Gasteiger partial charge in [-0.1, -0.05) is 5.16 Å². The maximum absolute atomic E-state index is 13.2. The minimum Gasteiger partial charge on any atom is -0.355 e. The van der Waals surface area contributed by atoms with E-state index < -0.39 is 17.5 Å². The summed E-state index contributed by atoms with van der Waals surface area (Å²) in [6.07, 6.45) is 3.16. The van der Waals surface area contributed by atoms with Gasteiger partial charge in [0.2, 0.25) is 0 Å². The van der Waals surface area contributed by atoms with Gasteiger partial charge in [0.1, 0.15) is 17.2 Å². The predicted molar refractivity (Wildman–Crippen MR) is 82.0 cm³/mol. The molecule has 2 heterocycles. The third kappa shape index (κ3) is 3.29. The van der Waals surface area contributed by atoms with Gasteiger partial charge in [-0.25, -0.2) is 8.78 Å². The first-order valence-corrected chi connectivity index (χ1v) is 7.14. The standard InChI is InChI=1S/C17H13F2N3O2/c1-10-15(16(24-22-10)12-3-2-4-20-9-12)17(23)21-8-11-5-13(18)7-14(19)6-11/h2-7,9H,8H2,1H3,(H,21,23). The van der Waals surface area contributed by atoms with Crippen molar-refractivity contribution in [3.05, 3.63) is 71.2 Å². The molecule has 7 heteroatoms. The molecule has 0 aliphatic rings. The van der Waals surface area contributed by atoms with E-state index in [0.717, 1.165) is 18.2 Å². The molecule has 0 aliphatic heterocycles. The normalized spacial score (nSPS) is 10.6. The molecule has 3 rings (SSSR count). The molecular formula is C17H13F2N3O2. The Morgan fingerprint density at radius 1 is 1.25 bits per heavy atom. The van der Waals surface area contributed by atoms with Gasteiger partial charge in [-0.3, -0.25) is 9.78 Å². The summed E-state index contributed by atoms with van der Waals surface area (Å²) in [7, 11) is 0. The molecule has 0 spiro atoms. The second kappa shape index (κ2) is 6.57. The first-order valence-electron chi connectivity index (χ1n) is 7.14.